The number of aromatic nitrogens is 2. The number of nitrogens with zero attached hydrogens (tertiary/aromatic N) is 2. The van der Waals surface area contributed by atoms with Crippen molar-refractivity contribution in [3.05, 3.63) is 52.7 Å². The molecular weight excluding hydrogens is 308 g/mol. The molecule has 0 aliphatic rings. The minimum Gasteiger partial charge on any atom is -0.385 e. The Bertz CT molecular complexity index is 826. The lowest BCUT2D eigenvalue weighted by molar-refractivity contribution is 0.0959. The van der Waals surface area contributed by atoms with Gasteiger partial charge in [-0.3, -0.25) is 4.79 Å². The standard InChI is InChI=1S/C17H18N4OS/c1-11-3-5-12(6-4-11)7-8-20-16(22)15-13(18-2)14-17(23-15)21-10-9-19-14/h3-6,9-10,18H,7-8H2,1-2H3,(H,20,22). The van der Waals surface area contributed by atoms with E-state index in [9.17, 15) is 4.79 Å². The largest absolute Gasteiger partial charge is 0.385 e. The minimum absolute atomic E-state index is 0.0914. The minimum atomic E-state index is -0.0914. The number of carbonyl (C=O) groups is 1. The first kappa shape index (κ1) is 15.4. The van der Waals surface area contributed by atoms with Gasteiger partial charge in [0.2, 0.25) is 0 Å². The molecule has 0 aliphatic carbocycles. The first-order valence-electron chi connectivity index (χ1n) is 7.44. The molecule has 2 aromatic heterocycles. The molecule has 0 fully saturated rings. The van der Waals surface area contributed by atoms with Crippen LogP contribution in [0.15, 0.2) is 36.7 Å². The molecule has 0 saturated heterocycles. The molecule has 0 saturated carbocycles. The Morgan fingerprint density at radius 2 is 1.91 bits per heavy atom. The van der Waals surface area contributed by atoms with Gasteiger partial charge in [-0.25, -0.2) is 9.97 Å². The van der Waals surface area contributed by atoms with Gasteiger partial charge in [0.25, 0.3) is 5.91 Å². The predicted octanol–water partition coefficient (Wildman–Crippen LogP) is 3.01. The SMILES string of the molecule is CNc1c(C(=O)NCCc2ccc(C)cc2)sc2nccnc12. The molecule has 118 valence electrons. The van der Waals surface area contributed by atoms with Crippen molar-refractivity contribution in [2.75, 3.05) is 18.9 Å². The van der Waals surface area contributed by atoms with Crippen LogP contribution in [0.25, 0.3) is 10.3 Å². The van der Waals surface area contributed by atoms with Gasteiger partial charge in [0, 0.05) is 26.0 Å². The Morgan fingerprint density at radius 1 is 1.17 bits per heavy atom. The van der Waals surface area contributed by atoms with Gasteiger partial charge in [-0.1, -0.05) is 29.8 Å². The lowest BCUT2D eigenvalue weighted by Gasteiger charge is -2.06. The van der Waals surface area contributed by atoms with E-state index < -0.39 is 0 Å². The van der Waals surface area contributed by atoms with Gasteiger partial charge < -0.3 is 10.6 Å². The molecule has 0 atom stereocenters. The summed E-state index contributed by atoms with van der Waals surface area (Å²) in [6, 6.07) is 8.35. The molecule has 23 heavy (non-hydrogen) atoms. The fraction of sp³-hybridized carbons (Fsp3) is 0.235. The summed E-state index contributed by atoms with van der Waals surface area (Å²) in [5.74, 6) is -0.0914. The molecule has 0 aliphatic heterocycles. The van der Waals surface area contributed by atoms with E-state index in [1.165, 1.54) is 22.5 Å². The van der Waals surface area contributed by atoms with Crippen molar-refractivity contribution >= 4 is 33.3 Å². The molecule has 3 rings (SSSR count). The second-order valence-corrected chi connectivity index (χ2v) is 6.26. The molecule has 0 spiro atoms. The van der Waals surface area contributed by atoms with E-state index in [1.54, 1.807) is 19.4 Å². The highest BCUT2D eigenvalue weighted by atomic mass is 32.1. The van der Waals surface area contributed by atoms with Crippen LogP contribution in [0, 0.1) is 6.92 Å². The molecular formula is C17H18N4OS. The van der Waals surface area contributed by atoms with E-state index in [4.69, 9.17) is 0 Å². The number of anilines is 1. The van der Waals surface area contributed by atoms with Crippen LogP contribution in [0.5, 0.6) is 0 Å². The summed E-state index contributed by atoms with van der Waals surface area (Å²) < 4.78 is 0. The molecule has 5 nitrogen and oxygen atoms in total. The number of rotatable bonds is 5. The Hall–Kier alpha value is -2.47. The molecule has 2 heterocycles. The third-order valence-electron chi connectivity index (χ3n) is 3.60. The number of fused-ring (bicyclic) bond motifs is 1. The van der Waals surface area contributed by atoms with E-state index in [0.29, 0.717) is 11.4 Å². The van der Waals surface area contributed by atoms with Crippen LogP contribution in [0.2, 0.25) is 0 Å². The van der Waals surface area contributed by atoms with Crippen LogP contribution in [0.3, 0.4) is 0 Å². The van der Waals surface area contributed by atoms with Gasteiger partial charge in [0.05, 0.1) is 5.69 Å². The zero-order valence-corrected chi connectivity index (χ0v) is 13.9. The summed E-state index contributed by atoms with van der Waals surface area (Å²) in [5, 5.41) is 6.03. The number of nitrogens with one attached hydrogen (secondary N) is 2. The van der Waals surface area contributed by atoms with Crippen molar-refractivity contribution in [3.63, 3.8) is 0 Å². The zero-order valence-electron chi connectivity index (χ0n) is 13.1. The third-order valence-corrected chi connectivity index (χ3v) is 4.69. The van der Waals surface area contributed by atoms with E-state index in [1.807, 2.05) is 0 Å². The maximum absolute atomic E-state index is 12.4. The molecule has 1 amide bonds. The summed E-state index contributed by atoms with van der Waals surface area (Å²) in [7, 11) is 1.79. The van der Waals surface area contributed by atoms with Gasteiger partial charge in [-0.2, -0.15) is 0 Å². The normalized spacial score (nSPS) is 10.7. The van der Waals surface area contributed by atoms with E-state index in [0.717, 1.165) is 22.5 Å². The maximum atomic E-state index is 12.4. The van der Waals surface area contributed by atoms with E-state index >= 15 is 0 Å². The second kappa shape index (κ2) is 6.75. The molecule has 2 N–H and O–H groups in total. The third kappa shape index (κ3) is 3.32. The summed E-state index contributed by atoms with van der Waals surface area (Å²) in [6.45, 7) is 2.66. The molecule has 3 aromatic rings. The number of carbonyl (C=O) groups excluding carboxylic acids is 1. The van der Waals surface area contributed by atoms with E-state index in [2.05, 4.69) is 51.8 Å². The molecule has 0 unspecified atom stereocenters. The number of hydrogen-bond donors (Lipinski definition) is 2. The number of hydrogen-bond acceptors (Lipinski definition) is 5. The summed E-state index contributed by atoms with van der Waals surface area (Å²) in [5.41, 5.74) is 3.93. The molecule has 0 radical (unpaired) electrons. The Kier molecular flexibility index (Phi) is 4.52. The maximum Gasteiger partial charge on any atom is 0.263 e. The van der Waals surface area contributed by atoms with Gasteiger partial charge in [-0.05, 0) is 18.9 Å². The lowest BCUT2D eigenvalue weighted by Crippen LogP contribution is -2.25. The van der Waals surface area contributed by atoms with Gasteiger partial charge in [0.15, 0.2) is 0 Å². The Labute approximate surface area is 138 Å². The molecule has 6 heteroatoms. The highest BCUT2D eigenvalue weighted by Gasteiger charge is 2.18. The lowest BCUT2D eigenvalue weighted by atomic mass is 10.1. The molecule has 1 aromatic carbocycles. The first-order chi connectivity index (χ1) is 11.2. The quantitative estimate of drug-likeness (QED) is 0.756. The van der Waals surface area contributed by atoms with Crippen molar-refractivity contribution in [2.45, 2.75) is 13.3 Å². The average Bonchev–Trinajstić information content (AvgIpc) is 2.95. The van der Waals surface area contributed by atoms with Crippen molar-refractivity contribution in [1.82, 2.24) is 15.3 Å². The predicted molar refractivity (Wildman–Crippen MR) is 94.2 cm³/mol. The van der Waals surface area contributed by atoms with Crippen LogP contribution in [0.4, 0.5) is 5.69 Å². The van der Waals surface area contributed by atoms with Crippen LogP contribution >= 0.6 is 11.3 Å². The zero-order chi connectivity index (χ0) is 16.2. The summed E-state index contributed by atoms with van der Waals surface area (Å²) in [4.78, 5) is 22.4. The van der Waals surface area contributed by atoms with Crippen molar-refractivity contribution < 1.29 is 4.79 Å². The van der Waals surface area contributed by atoms with Crippen LogP contribution < -0.4 is 10.6 Å². The highest BCUT2D eigenvalue weighted by Crippen LogP contribution is 2.32. The fourth-order valence-corrected chi connectivity index (χ4v) is 3.40. The van der Waals surface area contributed by atoms with Gasteiger partial charge in [0.1, 0.15) is 15.2 Å². The van der Waals surface area contributed by atoms with Crippen molar-refractivity contribution in [2.24, 2.45) is 0 Å². The van der Waals surface area contributed by atoms with Crippen LogP contribution in [0.1, 0.15) is 20.8 Å². The topological polar surface area (TPSA) is 66.9 Å². The first-order valence-corrected chi connectivity index (χ1v) is 8.25. The number of aryl methyl sites for hydroxylation is 1. The summed E-state index contributed by atoms with van der Waals surface area (Å²) >= 11 is 1.36. The van der Waals surface area contributed by atoms with Crippen LogP contribution in [-0.4, -0.2) is 29.5 Å². The number of amides is 1. The van der Waals surface area contributed by atoms with Crippen LogP contribution in [-0.2, 0) is 6.42 Å². The molecule has 0 bridgehead atoms. The Balaban J connectivity index is 1.69. The average molecular weight is 326 g/mol. The van der Waals surface area contributed by atoms with E-state index in [-0.39, 0.29) is 5.91 Å². The highest BCUT2D eigenvalue weighted by molar-refractivity contribution is 7.21. The monoisotopic (exact) mass is 326 g/mol. The summed E-state index contributed by atoms with van der Waals surface area (Å²) in [6.07, 6.45) is 4.08. The fourth-order valence-electron chi connectivity index (χ4n) is 2.37. The Morgan fingerprint density at radius 3 is 2.65 bits per heavy atom. The second-order valence-electron chi connectivity index (χ2n) is 5.26. The van der Waals surface area contributed by atoms with Gasteiger partial charge in [-0.15, -0.1) is 11.3 Å². The number of benzene rings is 1. The van der Waals surface area contributed by atoms with Crippen molar-refractivity contribution in [1.29, 1.82) is 0 Å². The smallest absolute Gasteiger partial charge is 0.263 e. The number of thiophene rings is 1. The van der Waals surface area contributed by atoms with Gasteiger partial charge >= 0.3 is 0 Å². The van der Waals surface area contributed by atoms with Crippen molar-refractivity contribution in [3.8, 4) is 0 Å².